The number of halogens is 1. The fourth-order valence-corrected chi connectivity index (χ4v) is 4.31. The van der Waals surface area contributed by atoms with E-state index >= 15 is 0 Å². The zero-order valence-corrected chi connectivity index (χ0v) is 15.0. The molecule has 118 valence electrons. The summed E-state index contributed by atoms with van der Waals surface area (Å²) in [5, 5.41) is 2.40. The highest BCUT2D eigenvalue weighted by molar-refractivity contribution is 8.04. The van der Waals surface area contributed by atoms with Gasteiger partial charge in [0.25, 0.3) is 11.8 Å². The second-order valence-corrected chi connectivity index (χ2v) is 7.65. The minimum atomic E-state index is -0.279. The number of rotatable bonds is 4. The molecule has 0 radical (unpaired) electrons. The minimum absolute atomic E-state index is 0.268. The molecule has 3 rings (SSSR count). The molecule has 0 fully saturated rings. The van der Waals surface area contributed by atoms with Crippen LogP contribution in [0.4, 0.5) is 5.69 Å². The normalized spacial score (nSPS) is 15.0. The Morgan fingerprint density at radius 2 is 2.00 bits per heavy atom. The number of anilines is 1. The number of amides is 2. The average molecular weight is 364 g/mol. The average Bonchev–Trinajstić information content (AvgIpc) is 3.11. The third-order valence-corrected chi connectivity index (χ3v) is 5.59. The largest absolute Gasteiger partial charge is 0.272 e. The zero-order chi connectivity index (χ0) is 16.6. The molecule has 0 N–H and O–H groups in total. The highest BCUT2D eigenvalue weighted by Crippen LogP contribution is 2.40. The molecule has 2 amide bonds. The van der Waals surface area contributed by atoms with Crippen molar-refractivity contribution in [3.8, 4) is 0 Å². The lowest BCUT2D eigenvalue weighted by Gasteiger charge is -2.17. The predicted molar refractivity (Wildman–Crippen MR) is 98.1 cm³/mol. The van der Waals surface area contributed by atoms with Crippen LogP contribution in [0.25, 0.3) is 5.57 Å². The number of aryl methyl sites for hydroxylation is 1. The molecule has 0 saturated carbocycles. The molecule has 1 aliphatic rings. The topological polar surface area (TPSA) is 37.4 Å². The van der Waals surface area contributed by atoms with Crippen molar-refractivity contribution in [2.75, 3.05) is 10.7 Å². The molecule has 2 aromatic rings. The smallest absolute Gasteiger partial charge is 0.268 e. The molecule has 1 aromatic heterocycles. The first kappa shape index (κ1) is 16.3. The lowest BCUT2D eigenvalue weighted by molar-refractivity contribution is -0.119. The molecule has 0 bridgehead atoms. The molecular weight excluding hydrogens is 350 g/mol. The molecule has 1 aromatic carbocycles. The van der Waals surface area contributed by atoms with Crippen LogP contribution in [0.3, 0.4) is 0 Å². The lowest BCUT2D eigenvalue weighted by atomic mass is 10.1. The van der Waals surface area contributed by atoms with Crippen LogP contribution in [0.1, 0.15) is 17.4 Å². The van der Waals surface area contributed by atoms with Crippen molar-refractivity contribution >= 4 is 57.8 Å². The summed E-state index contributed by atoms with van der Waals surface area (Å²) in [4.78, 5) is 28.4. The zero-order valence-electron chi connectivity index (χ0n) is 12.6. The Morgan fingerprint density at radius 3 is 2.65 bits per heavy atom. The number of hydrogen-bond acceptors (Lipinski definition) is 4. The third-order valence-electron chi connectivity index (χ3n) is 3.51. The van der Waals surface area contributed by atoms with Crippen molar-refractivity contribution < 1.29 is 9.59 Å². The second-order valence-electron chi connectivity index (χ2n) is 4.99. The number of imide groups is 1. The summed E-state index contributed by atoms with van der Waals surface area (Å²) in [6, 6.07) is 8.98. The van der Waals surface area contributed by atoms with Crippen LogP contribution in [0.5, 0.6) is 0 Å². The number of hydrogen-bond donors (Lipinski definition) is 0. The molecular formula is C17H14ClNO2S2. The number of thiophene rings is 1. The molecule has 2 heterocycles. The van der Waals surface area contributed by atoms with Crippen LogP contribution in [0.2, 0.25) is 5.02 Å². The highest BCUT2D eigenvalue weighted by atomic mass is 35.5. The summed E-state index contributed by atoms with van der Waals surface area (Å²) < 4.78 is 0. The monoisotopic (exact) mass is 363 g/mol. The first-order valence-electron chi connectivity index (χ1n) is 7.10. The summed E-state index contributed by atoms with van der Waals surface area (Å²) in [6.45, 7) is 3.83. The molecule has 23 heavy (non-hydrogen) atoms. The van der Waals surface area contributed by atoms with Crippen LogP contribution in [-0.2, 0) is 9.59 Å². The van der Waals surface area contributed by atoms with Crippen molar-refractivity contribution in [2.24, 2.45) is 0 Å². The van der Waals surface area contributed by atoms with Gasteiger partial charge in [-0.15, -0.1) is 23.1 Å². The Bertz CT molecular complexity index is 812. The molecule has 0 aliphatic carbocycles. The third kappa shape index (κ3) is 2.84. The summed E-state index contributed by atoms with van der Waals surface area (Å²) >= 11 is 8.93. The van der Waals surface area contributed by atoms with E-state index in [9.17, 15) is 9.59 Å². The molecule has 0 saturated heterocycles. The van der Waals surface area contributed by atoms with E-state index < -0.39 is 0 Å². The maximum atomic E-state index is 13.0. The van der Waals surface area contributed by atoms with Gasteiger partial charge in [-0.3, -0.25) is 9.59 Å². The van der Waals surface area contributed by atoms with Gasteiger partial charge in [-0.05, 0) is 41.8 Å². The van der Waals surface area contributed by atoms with Gasteiger partial charge in [-0.2, -0.15) is 0 Å². The van der Waals surface area contributed by atoms with E-state index in [2.05, 4.69) is 0 Å². The molecule has 3 nitrogen and oxygen atoms in total. The van der Waals surface area contributed by atoms with Gasteiger partial charge in [0.1, 0.15) is 0 Å². The number of carbonyl (C=O) groups excluding carboxylic acids is 2. The Labute approximate surface area is 147 Å². The van der Waals surface area contributed by atoms with Gasteiger partial charge in [0.15, 0.2) is 0 Å². The van der Waals surface area contributed by atoms with Crippen molar-refractivity contribution in [3.63, 3.8) is 0 Å². The number of nitrogens with zero attached hydrogens (tertiary/aromatic N) is 1. The van der Waals surface area contributed by atoms with E-state index in [0.717, 1.165) is 16.2 Å². The Balaban J connectivity index is 2.12. The predicted octanol–water partition coefficient (Wildman–Crippen LogP) is 4.75. The van der Waals surface area contributed by atoms with Crippen molar-refractivity contribution in [3.05, 3.63) is 56.1 Å². The van der Waals surface area contributed by atoms with Gasteiger partial charge in [0.05, 0.1) is 16.2 Å². The number of thioether (sulfide) groups is 1. The van der Waals surface area contributed by atoms with Crippen LogP contribution >= 0.6 is 34.7 Å². The van der Waals surface area contributed by atoms with E-state index in [1.54, 1.807) is 12.1 Å². The van der Waals surface area contributed by atoms with Crippen LogP contribution in [0.15, 0.2) is 40.6 Å². The maximum absolute atomic E-state index is 13.0. The second kappa shape index (κ2) is 6.51. The molecule has 1 aliphatic heterocycles. The number of benzene rings is 1. The molecule has 0 atom stereocenters. The maximum Gasteiger partial charge on any atom is 0.272 e. The van der Waals surface area contributed by atoms with Gasteiger partial charge in [0.2, 0.25) is 0 Å². The van der Waals surface area contributed by atoms with Crippen molar-refractivity contribution in [1.82, 2.24) is 0 Å². The van der Waals surface area contributed by atoms with Gasteiger partial charge < -0.3 is 0 Å². The summed E-state index contributed by atoms with van der Waals surface area (Å²) in [6.07, 6.45) is 0. The van der Waals surface area contributed by atoms with E-state index in [0.29, 0.717) is 21.2 Å². The molecule has 0 spiro atoms. The first-order chi connectivity index (χ1) is 11.0. The van der Waals surface area contributed by atoms with Crippen LogP contribution < -0.4 is 4.90 Å². The summed E-state index contributed by atoms with van der Waals surface area (Å²) in [5.74, 6) is 0.181. The Kier molecular flexibility index (Phi) is 4.62. The van der Waals surface area contributed by atoms with E-state index in [1.807, 2.05) is 37.4 Å². The molecule has 0 unspecified atom stereocenters. The fraction of sp³-hybridized carbons (Fsp3) is 0.176. The fourth-order valence-electron chi connectivity index (χ4n) is 2.47. The van der Waals surface area contributed by atoms with Gasteiger partial charge in [0, 0.05) is 9.90 Å². The summed E-state index contributed by atoms with van der Waals surface area (Å²) in [7, 11) is 0. The first-order valence-corrected chi connectivity index (χ1v) is 9.34. The summed E-state index contributed by atoms with van der Waals surface area (Å²) in [5.41, 5.74) is 1.88. The van der Waals surface area contributed by atoms with Crippen LogP contribution in [-0.4, -0.2) is 17.6 Å². The molecule has 6 heteroatoms. The van der Waals surface area contributed by atoms with Gasteiger partial charge in [-0.1, -0.05) is 30.7 Å². The quantitative estimate of drug-likeness (QED) is 0.736. The van der Waals surface area contributed by atoms with E-state index in [1.165, 1.54) is 28.0 Å². The Hall–Kier alpha value is -1.56. The van der Waals surface area contributed by atoms with Crippen molar-refractivity contribution in [2.45, 2.75) is 13.8 Å². The van der Waals surface area contributed by atoms with Crippen LogP contribution in [0, 0.1) is 6.92 Å². The standard InChI is InChI=1S/C17H14ClNO2S2/c1-3-22-15-14(13-5-4-8-23-13)16(20)19(17(15)21)12-9-11(18)7-6-10(12)2/h4-9H,3H2,1-2H3. The van der Waals surface area contributed by atoms with E-state index in [4.69, 9.17) is 11.6 Å². The van der Waals surface area contributed by atoms with Crippen molar-refractivity contribution in [1.29, 1.82) is 0 Å². The minimum Gasteiger partial charge on any atom is -0.268 e. The van der Waals surface area contributed by atoms with Gasteiger partial charge in [-0.25, -0.2) is 4.90 Å². The van der Waals surface area contributed by atoms with E-state index in [-0.39, 0.29) is 11.8 Å². The SMILES string of the molecule is CCSC1=C(c2cccs2)C(=O)N(c2cc(Cl)ccc2C)C1=O. The Morgan fingerprint density at radius 1 is 1.22 bits per heavy atom. The lowest BCUT2D eigenvalue weighted by Crippen LogP contribution is -2.31. The van der Waals surface area contributed by atoms with Gasteiger partial charge >= 0.3 is 0 Å². The number of carbonyl (C=O) groups is 2. The highest BCUT2D eigenvalue weighted by Gasteiger charge is 2.40.